The molecule has 27 heavy (non-hydrogen) atoms. The van der Waals surface area contributed by atoms with Gasteiger partial charge < -0.3 is 0 Å². The van der Waals surface area contributed by atoms with Crippen molar-refractivity contribution in [1.29, 1.82) is 0 Å². The van der Waals surface area contributed by atoms with Gasteiger partial charge in [-0.15, -0.1) is 5.11 Å². The highest BCUT2D eigenvalue weighted by molar-refractivity contribution is 5.47. The molecule has 0 saturated heterocycles. The van der Waals surface area contributed by atoms with E-state index in [0.29, 0.717) is 4.68 Å². The maximum Gasteiger partial charge on any atom is 0.435 e. The Labute approximate surface area is 148 Å². The summed E-state index contributed by atoms with van der Waals surface area (Å²) >= 11 is 0. The van der Waals surface area contributed by atoms with Crippen molar-refractivity contribution in [3.8, 4) is 5.69 Å². The van der Waals surface area contributed by atoms with Crippen LogP contribution in [0, 0.1) is 10.1 Å². The number of benzene rings is 2. The minimum absolute atomic E-state index is 0.0561. The van der Waals surface area contributed by atoms with Crippen LogP contribution in [0.25, 0.3) is 5.69 Å². The molecule has 0 unspecified atom stereocenters. The minimum atomic E-state index is -4.86. The largest absolute Gasteiger partial charge is 0.435 e. The zero-order valence-corrected chi connectivity index (χ0v) is 13.3. The predicted octanol–water partition coefficient (Wildman–Crippen LogP) is 4.51. The maximum absolute atomic E-state index is 13.3. The topological polar surface area (TPSA) is 106 Å². The molecule has 11 heteroatoms. The van der Waals surface area contributed by atoms with Gasteiger partial charge in [0.05, 0.1) is 16.3 Å². The van der Waals surface area contributed by atoms with Gasteiger partial charge in [0, 0.05) is 12.1 Å². The SMILES string of the molecule is O=c1c(N=Nc2ccc([N+](=O)[O-])cc2)c(C(F)(F)F)[nH]n1-c1ccccc1. The molecular formula is C16H10F3N5O3. The van der Waals surface area contributed by atoms with Gasteiger partial charge in [0.15, 0.2) is 11.4 Å². The average Bonchev–Trinajstić information content (AvgIpc) is 2.98. The first-order valence-corrected chi connectivity index (χ1v) is 7.41. The third-order valence-corrected chi connectivity index (χ3v) is 3.49. The molecular weight excluding hydrogens is 367 g/mol. The van der Waals surface area contributed by atoms with E-state index < -0.39 is 28.0 Å². The number of rotatable bonds is 4. The van der Waals surface area contributed by atoms with E-state index in [1.165, 1.54) is 24.3 Å². The van der Waals surface area contributed by atoms with E-state index in [1.807, 2.05) is 5.10 Å². The molecule has 2 aromatic carbocycles. The highest BCUT2D eigenvalue weighted by Gasteiger charge is 2.38. The number of nitrogens with one attached hydrogen (secondary N) is 1. The molecule has 1 heterocycles. The van der Waals surface area contributed by atoms with Crippen LogP contribution >= 0.6 is 0 Å². The Hall–Kier alpha value is -3.76. The van der Waals surface area contributed by atoms with Gasteiger partial charge >= 0.3 is 6.18 Å². The lowest BCUT2D eigenvalue weighted by Crippen LogP contribution is -2.13. The van der Waals surface area contributed by atoms with Gasteiger partial charge in [-0.05, 0) is 24.3 Å². The summed E-state index contributed by atoms with van der Waals surface area (Å²) in [5, 5.41) is 19.6. The van der Waals surface area contributed by atoms with Gasteiger partial charge in [0.2, 0.25) is 0 Å². The first-order chi connectivity index (χ1) is 12.8. The second-order valence-corrected chi connectivity index (χ2v) is 5.28. The number of alkyl halides is 3. The van der Waals surface area contributed by atoms with E-state index in [2.05, 4.69) is 10.2 Å². The van der Waals surface area contributed by atoms with Crippen LogP contribution in [-0.2, 0) is 6.18 Å². The number of halogens is 3. The number of hydrogen-bond acceptors (Lipinski definition) is 5. The summed E-state index contributed by atoms with van der Waals surface area (Å²) in [6, 6.07) is 12.3. The predicted molar refractivity (Wildman–Crippen MR) is 88.7 cm³/mol. The van der Waals surface area contributed by atoms with Crippen molar-refractivity contribution in [2.75, 3.05) is 0 Å². The van der Waals surface area contributed by atoms with Crippen LogP contribution in [0.1, 0.15) is 5.69 Å². The molecule has 0 amide bonds. The summed E-state index contributed by atoms with van der Waals surface area (Å²) in [5.41, 5.74) is -3.24. The number of H-pyrrole nitrogens is 1. The summed E-state index contributed by atoms with van der Waals surface area (Å²) in [5.74, 6) is 0. The summed E-state index contributed by atoms with van der Waals surface area (Å²) in [6.45, 7) is 0. The van der Waals surface area contributed by atoms with E-state index in [9.17, 15) is 28.1 Å². The van der Waals surface area contributed by atoms with E-state index in [1.54, 1.807) is 18.2 Å². The molecule has 138 valence electrons. The molecule has 8 nitrogen and oxygen atoms in total. The summed E-state index contributed by atoms with van der Waals surface area (Å²) in [4.78, 5) is 22.4. The number of aromatic amines is 1. The van der Waals surface area contributed by atoms with Crippen LogP contribution < -0.4 is 5.56 Å². The summed E-state index contributed by atoms with van der Waals surface area (Å²) in [7, 11) is 0. The quantitative estimate of drug-likeness (QED) is 0.411. The van der Waals surface area contributed by atoms with Crippen LogP contribution in [0.2, 0.25) is 0 Å². The van der Waals surface area contributed by atoms with Crippen molar-refractivity contribution < 1.29 is 18.1 Å². The molecule has 0 atom stereocenters. The number of nitro groups is 1. The van der Waals surface area contributed by atoms with Crippen molar-refractivity contribution in [2.24, 2.45) is 10.2 Å². The molecule has 3 aromatic rings. The van der Waals surface area contributed by atoms with Gasteiger partial charge in [0.1, 0.15) is 0 Å². The second-order valence-electron chi connectivity index (χ2n) is 5.28. The molecule has 0 spiro atoms. The van der Waals surface area contributed by atoms with Crippen molar-refractivity contribution >= 4 is 17.1 Å². The van der Waals surface area contributed by atoms with Crippen LogP contribution in [0.15, 0.2) is 69.6 Å². The number of aromatic nitrogens is 2. The molecule has 0 radical (unpaired) electrons. The van der Waals surface area contributed by atoms with E-state index in [4.69, 9.17) is 0 Å². The Bertz CT molecular complexity index is 1050. The smallest absolute Gasteiger partial charge is 0.284 e. The summed E-state index contributed by atoms with van der Waals surface area (Å²) in [6.07, 6.45) is -4.86. The third-order valence-electron chi connectivity index (χ3n) is 3.49. The molecule has 3 rings (SSSR count). The van der Waals surface area contributed by atoms with Crippen LogP contribution in [0.3, 0.4) is 0 Å². The first-order valence-electron chi connectivity index (χ1n) is 7.41. The molecule has 1 aromatic heterocycles. The Morgan fingerprint density at radius 2 is 1.63 bits per heavy atom. The zero-order valence-electron chi connectivity index (χ0n) is 13.3. The normalized spacial score (nSPS) is 11.8. The van der Waals surface area contributed by atoms with Crippen LogP contribution in [0.5, 0.6) is 0 Å². The standard InChI is InChI=1S/C16H10F3N5O3/c17-16(18,19)14-13(15(25)23(22-14)11-4-2-1-3-5-11)21-20-10-6-8-12(9-7-10)24(26)27/h1-9,22H. The Morgan fingerprint density at radius 3 is 2.19 bits per heavy atom. The third kappa shape index (κ3) is 3.76. The van der Waals surface area contributed by atoms with Gasteiger partial charge in [0.25, 0.3) is 11.2 Å². The lowest BCUT2D eigenvalue weighted by molar-refractivity contribution is -0.384. The monoisotopic (exact) mass is 377 g/mol. The van der Waals surface area contributed by atoms with Crippen molar-refractivity contribution in [2.45, 2.75) is 6.18 Å². The number of nitro benzene ring substituents is 1. The fraction of sp³-hybridized carbons (Fsp3) is 0.0625. The minimum Gasteiger partial charge on any atom is -0.284 e. The molecule has 0 aliphatic heterocycles. The number of nitrogens with zero attached hydrogens (tertiary/aromatic N) is 4. The van der Waals surface area contributed by atoms with Gasteiger partial charge in [-0.2, -0.15) is 18.3 Å². The van der Waals surface area contributed by atoms with E-state index in [-0.39, 0.29) is 17.1 Å². The Morgan fingerprint density at radius 1 is 1.00 bits per heavy atom. The molecule has 0 bridgehead atoms. The average molecular weight is 377 g/mol. The second kappa shape index (κ2) is 6.86. The maximum atomic E-state index is 13.3. The summed E-state index contributed by atoms with van der Waals surface area (Å²) < 4.78 is 40.5. The van der Waals surface area contributed by atoms with E-state index >= 15 is 0 Å². The number of hydrogen-bond donors (Lipinski definition) is 1. The Kier molecular flexibility index (Phi) is 4.59. The van der Waals surface area contributed by atoms with Gasteiger partial charge in [-0.3, -0.25) is 20.0 Å². The number of azo groups is 1. The molecule has 0 aliphatic rings. The van der Waals surface area contributed by atoms with Crippen molar-refractivity contribution in [3.05, 3.63) is 80.8 Å². The Balaban J connectivity index is 2.05. The fourth-order valence-corrected chi connectivity index (χ4v) is 2.23. The van der Waals surface area contributed by atoms with Gasteiger partial charge in [-0.1, -0.05) is 18.2 Å². The number of para-hydroxylation sites is 1. The van der Waals surface area contributed by atoms with Crippen molar-refractivity contribution in [1.82, 2.24) is 9.78 Å². The first kappa shape index (κ1) is 18.0. The van der Waals surface area contributed by atoms with Crippen molar-refractivity contribution in [3.63, 3.8) is 0 Å². The highest BCUT2D eigenvalue weighted by atomic mass is 19.4. The molecule has 1 N–H and O–H groups in total. The van der Waals surface area contributed by atoms with E-state index in [0.717, 1.165) is 12.1 Å². The molecule has 0 aliphatic carbocycles. The highest BCUT2D eigenvalue weighted by Crippen LogP contribution is 2.34. The van der Waals surface area contributed by atoms with Crippen LogP contribution in [-0.4, -0.2) is 14.7 Å². The number of non-ortho nitro benzene ring substituents is 1. The van der Waals surface area contributed by atoms with Crippen LogP contribution in [0.4, 0.5) is 30.2 Å². The molecule has 0 fully saturated rings. The molecule has 0 saturated carbocycles. The lowest BCUT2D eigenvalue weighted by Gasteiger charge is -2.04. The zero-order chi connectivity index (χ0) is 19.6. The fourth-order valence-electron chi connectivity index (χ4n) is 2.23. The van der Waals surface area contributed by atoms with Gasteiger partial charge in [-0.25, -0.2) is 4.68 Å². The lowest BCUT2D eigenvalue weighted by atomic mass is 10.3.